The number of likely N-dealkylation sites (tertiary alicyclic amines) is 1. The van der Waals surface area contributed by atoms with Crippen LogP contribution in [0.2, 0.25) is 0 Å². The number of nitrogens with zero attached hydrogens (tertiary/aromatic N) is 2. The molecule has 1 saturated heterocycles. The Labute approximate surface area is 157 Å². The first-order chi connectivity index (χ1) is 12.7. The lowest BCUT2D eigenvalue weighted by molar-refractivity contribution is -0.127. The summed E-state index contributed by atoms with van der Waals surface area (Å²) in [7, 11) is 0. The van der Waals surface area contributed by atoms with Gasteiger partial charge in [-0.2, -0.15) is 0 Å². The Bertz CT molecular complexity index is 610. The monoisotopic (exact) mass is 356 g/mol. The van der Waals surface area contributed by atoms with E-state index in [1.807, 2.05) is 4.90 Å². The third-order valence-electron chi connectivity index (χ3n) is 5.36. The van der Waals surface area contributed by atoms with Crippen LogP contribution in [0, 0.1) is 5.41 Å². The van der Waals surface area contributed by atoms with Gasteiger partial charge >= 0.3 is 0 Å². The Morgan fingerprint density at radius 2 is 2.04 bits per heavy atom. The van der Waals surface area contributed by atoms with E-state index in [4.69, 9.17) is 4.99 Å². The number of hydrogen-bond acceptors (Lipinski definition) is 2. The second-order valence-corrected chi connectivity index (χ2v) is 7.62. The lowest BCUT2D eigenvalue weighted by Gasteiger charge is -2.17. The Balaban J connectivity index is 1.43. The highest BCUT2D eigenvalue weighted by atomic mass is 16.2. The summed E-state index contributed by atoms with van der Waals surface area (Å²) in [6, 6.07) is 10.7. The highest BCUT2D eigenvalue weighted by molar-refractivity contribution is 5.80. The second-order valence-electron chi connectivity index (χ2n) is 7.62. The van der Waals surface area contributed by atoms with Crippen molar-refractivity contribution < 1.29 is 4.79 Å². The third kappa shape index (κ3) is 5.48. The minimum Gasteiger partial charge on any atom is -0.357 e. The molecule has 1 amide bonds. The number of carbonyl (C=O) groups is 1. The first-order valence-electron chi connectivity index (χ1n) is 10.0. The van der Waals surface area contributed by atoms with Gasteiger partial charge in [0.2, 0.25) is 5.91 Å². The quantitative estimate of drug-likeness (QED) is 0.406. The van der Waals surface area contributed by atoms with Crippen LogP contribution in [0.1, 0.15) is 44.6 Å². The predicted molar refractivity (Wildman–Crippen MR) is 106 cm³/mol. The van der Waals surface area contributed by atoms with Gasteiger partial charge in [0.05, 0.1) is 0 Å². The third-order valence-corrected chi connectivity index (χ3v) is 5.36. The fourth-order valence-electron chi connectivity index (χ4n) is 3.60. The number of rotatable bonds is 9. The molecule has 0 radical (unpaired) electrons. The fourth-order valence-corrected chi connectivity index (χ4v) is 3.60. The molecule has 2 fully saturated rings. The summed E-state index contributed by atoms with van der Waals surface area (Å²) >= 11 is 0. The number of aliphatic imine (C=N–C) groups is 1. The molecule has 1 aliphatic heterocycles. The minimum absolute atomic E-state index is 0.308. The van der Waals surface area contributed by atoms with E-state index in [0.29, 0.717) is 11.3 Å². The molecule has 0 aromatic heterocycles. The number of nitrogens with one attached hydrogen (secondary N) is 2. The van der Waals surface area contributed by atoms with Crippen molar-refractivity contribution in [3.63, 3.8) is 0 Å². The number of guanidine groups is 1. The molecule has 142 valence electrons. The molecule has 5 nitrogen and oxygen atoms in total. The molecule has 0 unspecified atom stereocenters. The van der Waals surface area contributed by atoms with E-state index in [9.17, 15) is 4.79 Å². The second kappa shape index (κ2) is 9.06. The van der Waals surface area contributed by atoms with Gasteiger partial charge in [-0.1, -0.05) is 30.3 Å². The number of hydrogen-bond donors (Lipinski definition) is 2. The molecule has 2 N–H and O–H groups in total. The summed E-state index contributed by atoms with van der Waals surface area (Å²) < 4.78 is 0. The summed E-state index contributed by atoms with van der Waals surface area (Å²) in [5, 5.41) is 6.77. The molecule has 1 aromatic rings. The van der Waals surface area contributed by atoms with Crippen molar-refractivity contribution in [2.45, 2.75) is 45.4 Å². The molecule has 1 aromatic carbocycles. The zero-order chi connectivity index (χ0) is 18.2. The normalized spacial score (nSPS) is 18.9. The minimum atomic E-state index is 0.308. The molecule has 0 bridgehead atoms. The van der Waals surface area contributed by atoms with E-state index < -0.39 is 0 Å². The Morgan fingerprint density at radius 1 is 1.23 bits per heavy atom. The van der Waals surface area contributed by atoms with Gasteiger partial charge < -0.3 is 15.5 Å². The van der Waals surface area contributed by atoms with E-state index in [0.717, 1.165) is 64.4 Å². The van der Waals surface area contributed by atoms with Crippen LogP contribution in [-0.4, -0.2) is 49.5 Å². The molecular weight excluding hydrogens is 324 g/mol. The summed E-state index contributed by atoms with van der Waals surface area (Å²) in [5.41, 5.74) is 1.76. The Morgan fingerprint density at radius 3 is 2.69 bits per heavy atom. The first kappa shape index (κ1) is 18.7. The maximum Gasteiger partial charge on any atom is 0.222 e. The molecule has 2 aliphatic rings. The first-order valence-corrected chi connectivity index (χ1v) is 10.0. The van der Waals surface area contributed by atoms with Crippen LogP contribution in [-0.2, 0) is 11.2 Å². The maximum absolute atomic E-state index is 11.6. The SMILES string of the molecule is CCNC(=NCC1(Cc2ccccc2)CC1)NCCCN1CCCC1=O. The van der Waals surface area contributed by atoms with Crippen molar-refractivity contribution in [2.75, 3.05) is 32.7 Å². The van der Waals surface area contributed by atoms with Crippen LogP contribution in [0.4, 0.5) is 0 Å². The number of amides is 1. The smallest absolute Gasteiger partial charge is 0.222 e. The molecule has 3 rings (SSSR count). The summed E-state index contributed by atoms with van der Waals surface area (Å²) in [4.78, 5) is 18.5. The van der Waals surface area contributed by atoms with Gasteiger partial charge in [-0.05, 0) is 50.0 Å². The van der Waals surface area contributed by atoms with Gasteiger partial charge in [-0.3, -0.25) is 9.79 Å². The van der Waals surface area contributed by atoms with Crippen LogP contribution < -0.4 is 10.6 Å². The van der Waals surface area contributed by atoms with Gasteiger partial charge in [-0.25, -0.2) is 0 Å². The van der Waals surface area contributed by atoms with Crippen molar-refractivity contribution in [3.8, 4) is 0 Å². The lowest BCUT2D eigenvalue weighted by atomic mass is 9.97. The van der Waals surface area contributed by atoms with E-state index in [1.165, 1.54) is 18.4 Å². The maximum atomic E-state index is 11.6. The molecular formula is C21H32N4O. The summed E-state index contributed by atoms with van der Waals surface area (Å²) in [6.07, 6.45) is 6.35. The van der Waals surface area contributed by atoms with Crippen LogP contribution in [0.5, 0.6) is 0 Å². The fraction of sp³-hybridized carbons (Fsp3) is 0.619. The highest BCUT2D eigenvalue weighted by Gasteiger charge is 2.42. The highest BCUT2D eigenvalue weighted by Crippen LogP contribution is 2.48. The molecule has 1 aliphatic carbocycles. The number of benzene rings is 1. The van der Waals surface area contributed by atoms with Crippen LogP contribution in [0.15, 0.2) is 35.3 Å². The topological polar surface area (TPSA) is 56.7 Å². The average Bonchev–Trinajstić information content (AvgIpc) is 3.29. The Kier molecular flexibility index (Phi) is 6.53. The van der Waals surface area contributed by atoms with Crippen molar-refractivity contribution in [1.82, 2.24) is 15.5 Å². The van der Waals surface area contributed by atoms with Crippen molar-refractivity contribution >= 4 is 11.9 Å². The van der Waals surface area contributed by atoms with Crippen LogP contribution in [0.25, 0.3) is 0 Å². The summed E-state index contributed by atoms with van der Waals surface area (Å²) in [5.74, 6) is 1.21. The van der Waals surface area contributed by atoms with E-state index in [-0.39, 0.29) is 0 Å². The molecule has 5 heteroatoms. The zero-order valence-corrected chi connectivity index (χ0v) is 16.0. The van der Waals surface area contributed by atoms with Crippen LogP contribution >= 0.6 is 0 Å². The van der Waals surface area contributed by atoms with Crippen LogP contribution in [0.3, 0.4) is 0 Å². The lowest BCUT2D eigenvalue weighted by Crippen LogP contribution is -2.39. The molecule has 1 saturated carbocycles. The summed E-state index contributed by atoms with van der Waals surface area (Å²) in [6.45, 7) is 6.46. The van der Waals surface area contributed by atoms with Crippen molar-refractivity contribution in [2.24, 2.45) is 10.4 Å². The van der Waals surface area contributed by atoms with Crippen molar-refractivity contribution in [1.29, 1.82) is 0 Å². The Hall–Kier alpha value is -2.04. The molecule has 26 heavy (non-hydrogen) atoms. The van der Waals surface area contributed by atoms with E-state index in [1.54, 1.807) is 0 Å². The van der Waals surface area contributed by atoms with Gasteiger partial charge in [0, 0.05) is 39.1 Å². The molecule has 0 atom stereocenters. The average molecular weight is 357 g/mol. The van der Waals surface area contributed by atoms with Gasteiger partial charge in [0.25, 0.3) is 0 Å². The van der Waals surface area contributed by atoms with Gasteiger partial charge in [0.1, 0.15) is 0 Å². The molecule has 0 spiro atoms. The standard InChI is InChI=1S/C21H32N4O/c1-2-22-20(23-13-7-15-25-14-6-10-19(25)26)24-17-21(11-12-21)16-18-8-4-3-5-9-18/h3-5,8-9H,2,6-7,10-17H2,1H3,(H2,22,23,24). The van der Waals surface area contributed by atoms with E-state index in [2.05, 4.69) is 47.9 Å². The van der Waals surface area contributed by atoms with Crippen molar-refractivity contribution in [3.05, 3.63) is 35.9 Å². The zero-order valence-electron chi connectivity index (χ0n) is 16.0. The van der Waals surface area contributed by atoms with Gasteiger partial charge in [-0.15, -0.1) is 0 Å². The van der Waals surface area contributed by atoms with Gasteiger partial charge in [0.15, 0.2) is 5.96 Å². The van der Waals surface area contributed by atoms with E-state index >= 15 is 0 Å². The molecule has 1 heterocycles. The predicted octanol–water partition coefficient (Wildman–Crippen LogP) is 2.58. The number of carbonyl (C=O) groups excluding carboxylic acids is 1. The largest absolute Gasteiger partial charge is 0.357 e.